The Labute approximate surface area is 121 Å². The highest BCUT2D eigenvalue weighted by atomic mass is 16.5. The fourth-order valence-electron chi connectivity index (χ4n) is 2.13. The van der Waals surface area contributed by atoms with Crippen molar-refractivity contribution in [2.24, 2.45) is 5.92 Å². The van der Waals surface area contributed by atoms with Crippen molar-refractivity contribution in [3.63, 3.8) is 0 Å². The summed E-state index contributed by atoms with van der Waals surface area (Å²) < 4.78 is 4.70. The molecule has 4 nitrogen and oxygen atoms in total. The number of esters is 1. The first-order valence-electron chi connectivity index (χ1n) is 7.05. The Balaban J connectivity index is 2.49. The topological polar surface area (TPSA) is 58.6 Å². The molecule has 0 aromatic heterocycles. The molecule has 1 unspecified atom stereocenters. The Morgan fingerprint density at radius 2 is 1.95 bits per heavy atom. The molecule has 0 spiro atoms. The van der Waals surface area contributed by atoms with Crippen LogP contribution in [-0.4, -0.2) is 30.8 Å². The van der Waals surface area contributed by atoms with Crippen molar-refractivity contribution in [3.8, 4) is 0 Å². The normalized spacial score (nSPS) is 12.4. The summed E-state index contributed by atoms with van der Waals surface area (Å²) in [5.74, 6) is 0.246. The van der Waals surface area contributed by atoms with Gasteiger partial charge in [0, 0.05) is 13.1 Å². The summed E-state index contributed by atoms with van der Waals surface area (Å²) in [6.07, 6.45) is 0.738. The molecule has 0 aliphatic heterocycles. The number of hydrogen-bond donors (Lipinski definition) is 2. The number of carbonyl (C=O) groups is 1. The minimum atomic E-state index is -0.331. The van der Waals surface area contributed by atoms with Gasteiger partial charge in [0.2, 0.25) is 0 Å². The predicted molar refractivity (Wildman–Crippen MR) is 79.3 cm³/mol. The first-order valence-corrected chi connectivity index (χ1v) is 7.05. The highest BCUT2D eigenvalue weighted by Gasteiger charge is 2.09. The van der Waals surface area contributed by atoms with Crippen molar-refractivity contribution in [2.45, 2.75) is 39.3 Å². The van der Waals surface area contributed by atoms with Crippen LogP contribution in [0.3, 0.4) is 0 Å². The number of hydrogen-bond acceptors (Lipinski definition) is 4. The zero-order chi connectivity index (χ0) is 15.0. The summed E-state index contributed by atoms with van der Waals surface area (Å²) in [4.78, 5) is 11.4. The van der Waals surface area contributed by atoms with Gasteiger partial charge in [-0.05, 0) is 23.5 Å². The Morgan fingerprint density at radius 1 is 1.30 bits per heavy atom. The van der Waals surface area contributed by atoms with Crippen molar-refractivity contribution in [1.29, 1.82) is 0 Å². The van der Waals surface area contributed by atoms with Crippen molar-refractivity contribution >= 4 is 5.97 Å². The lowest BCUT2D eigenvalue weighted by Crippen LogP contribution is -2.28. The van der Waals surface area contributed by atoms with E-state index < -0.39 is 0 Å². The monoisotopic (exact) mass is 279 g/mol. The Bertz CT molecular complexity index is 418. The first-order chi connectivity index (χ1) is 9.52. The predicted octanol–water partition coefficient (Wildman–Crippen LogP) is 1.90. The lowest BCUT2D eigenvalue weighted by molar-refractivity contribution is -0.139. The minimum Gasteiger partial charge on any atom is -0.469 e. The molecule has 0 heterocycles. The molecule has 0 radical (unpaired) electrons. The Morgan fingerprint density at radius 3 is 2.55 bits per heavy atom. The highest BCUT2D eigenvalue weighted by molar-refractivity contribution is 5.72. The van der Waals surface area contributed by atoms with E-state index in [1.165, 1.54) is 7.11 Å². The fourth-order valence-corrected chi connectivity index (χ4v) is 2.13. The quantitative estimate of drug-likeness (QED) is 0.714. The Kier molecular flexibility index (Phi) is 7.26. The number of aliphatic hydroxyl groups is 1. The summed E-state index contributed by atoms with van der Waals surface area (Å²) in [7, 11) is 1.39. The number of carbonyl (C=O) groups excluding carboxylic acids is 1. The highest BCUT2D eigenvalue weighted by Crippen LogP contribution is 2.10. The van der Waals surface area contributed by atoms with Crippen LogP contribution >= 0.6 is 0 Å². The molecule has 0 saturated carbocycles. The van der Waals surface area contributed by atoms with Gasteiger partial charge in [-0.25, -0.2) is 0 Å². The van der Waals surface area contributed by atoms with Gasteiger partial charge in [-0.2, -0.15) is 0 Å². The molecule has 20 heavy (non-hydrogen) atoms. The molecule has 0 fully saturated rings. The second-order valence-corrected chi connectivity index (χ2v) is 5.44. The molecule has 0 saturated heterocycles. The first kappa shape index (κ1) is 16.7. The van der Waals surface area contributed by atoms with Crippen LogP contribution in [-0.2, 0) is 22.5 Å². The summed E-state index contributed by atoms with van der Waals surface area (Å²) in [6, 6.07) is 7.77. The lowest BCUT2D eigenvalue weighted by atomic mass is 10.0. The lowest BCUT2D eigenvalue weighted by Gasteiger charge is -2.15. The third-order valence-electron chi connectivity index (χ3n) is 3.12. The van der Waals surface area contributed by atoms with Crippen LogP contribution in [0.25, 0.3) is 0 Å². The molecule has 0 bridgehead atoms. The van der Waals surface area contributed by atoms with E-state index in [0.29, 0.717) is 19.0 Å². The van der Waals surface area contributed by atoms with Crippen LogP contribution in [0.5, 0.6) is 0 Å². The smallest absolute Gasteiger partial charge is 0.309 e. The van der Waals surface area contributed by atoms with Gasteiger partial charge in [-0.15, -0.1) is 0 Å². The summed E-state index contributed by atoms with van der Waals surface area (Å²) in [5, 5.41) is 13.1. The van der Waals surface area contributed by atoms with Crippen molar-refractivity contribution in [2.75, 3.05) is 13.7 Å². The number of rotatable bonds is 8. The SMILES string of the molecule is COC(=O)Cc1ccccc1CNCC(O)CC(C)C. The number of methoxy groups -OCH3 is 1. The van der Waals surface area contributed by atoms with E-state index >= 15 is 0 Å². The maximum Gasteiger partial charge on any atom is 0.309 e. The van der Waals surface area contributed by atoms with Gasteiger partial charge in [0.1, 0.15) is 0 Å². The van der Waals surface area contributed by atoms with Gasteiger partial charge in [0.15, 0.2) is 0 Å². The molecule has 0 aliphatic rings. The molecule has 2 N–H and O–H groups in total. The van der Waals surface area contributed by atoms with Crippen LogP contribution in [0.15, 0.2) is 24.3 Å². The van der Waals surface area contributed by atoms with Crippen molar-refractivity contribution in [1.82, 2.24) is 5.32 Å². The van der Waals surface area contributed by atoms with Gasteiger partial charge in [-0.1, -0.05) is 38.1 Å². The second kappa shape index (κ2) is 8.72. The van der Waals surface area contributed by atoms with E-state index in [1.54, 1.807) is 0 Å². The summed E-state index contributed by atoms with van der Waals surface area (Å²) >= 11 is 0. The third kappa shape index (κ3) is 6.17. The van der Waals surface area contributed by atoms with Crippen LogP contribution < -0.4 is 5.32 Å². The van der Waals surface area contributed by atoms with Gasteiger partial charge in [0.05, 0.1) is 19.6 Å². The summed E-state index contributed by atoms with van der Waals surface area (Å²) in [5.41, 5.74) is 2.03. The number of nitrogens with one attached hydrogen (secondary N) is 1. The molecule has 0 amide bonds. The van der Waals surface area contributed by atoms with E-state index in [1.807, 2.05) is 24.3 Å². The molecule has 112 valence electrons. The van der Waals surface area contributed by atoms with Gasteiger partial charge < -0.3 is 15.2 Å². The minimum absolute atomic E-state index is 0.239. The molecule has 0 aliphatic carbocycles. The second-order valence-electron chi connectivity index (χ2n) is 5.44. The maximum absolute atomic E-state index is 11.4. The number of benzene rings is 1. The number of ether oxygens (including phenoxy) is 1. The molecule has 1 aromatic carbocycles. The zero-order valence-corrected chi connectivity index (χ0v) is 12.6. The van der Waals surface area contributed by atoms with Crippen LogP contribution in [0.1, 0.15) is 31.4 Å². The molecule has 1 aromatic rings. The molecule has 1 rings (SSSR count). The van der Waals surface area contributed by atoms with Crippen molar-refractivity contribution < 1.29 is 14.6 Å². The van der Waals surface area contributed by atoms with E-state index in [2.05, 4.69) is 19.2 Å². The number of aliphatic hydroxyl groups excluding tert-OH is 1. The average Bonchev–Trinajstić information content (AvgIpc) is 2.39. The molecular formula is C16H25NO3. The molecule has 4 heteroatoms. The fraction of sp³-hybridized carbons (Fsp3) is 0.562. The van der Waals surface area contributed by atoms with Crippen molar-refractivity contribution in [3.05, 3.63) is 35.4 Å². The standard InChI is InChI=1S/C16H25NO3/c1-12(2)8-15(18)11-17-10-14-7-5-4-6-13(14)9-16(19)20-3/h4-7,12,15,17-18H,8-11H2,1-3H3. The average molecular weight is 279 g/mol. The van der Waals surface area contributed by atoms with Crippen LogP contribution in [0, 0.1) is 5.92 Å². The van der Waals surface area contributed by atoms with Gasteiger partial charge >= 0.3 is 5.97 Å². The van der Waals surface area contributed by atoms with Crippen LogP contribution in [0.2, 0.25) is 0 Å². The van der Waals surface area contributed by atoms with E-state index in [9.17, 15) is 9.90 Å². The van der Waals surface area contributed by atoms with E-state index in [4.69, 9.17) is 4.74 Å². The molecule has 1 atom stereocenters. The maximum atomic E-state index is 11.4. The van der Waals surface area contributed by atoms with E-state index in [0.717, 1.165) is 17.5 Å². The van der Waals surface area contributed by atoms with Crippen LogP contribution in [0.4, 0.5) is 0 Å². The zero-order valence-electron chi connectivity index (χ0n) is 12.6. The Hall–Kier alpha value is -1.39. The summed E-state index contributed by atoms with van der Waals surface area (Å²) in [6.45, 7) is 5.39. The largest absolute Gasteiger partial charge is 0.469 e. The molecular weight excluding hydrogens is 254 g/mol. The van der Waals surface area contributed by atoms with Gasteiger partial charge in [0.25, 0.3) is 0 Å². The third-order valence-corrected chi connectivity index (χ3v) is 3.12. The van der Waals surface area contributed by atoms with Gasteiger partial charge in [-0.3, -0.25) is 4.79 Å². The van der Waals surface area contributed by atoms with E-state index in [-0.39, 0.29) is 18.5 Å².